The summed E-state index contributed by atoms with van der Waals surface area (Å²) in [4.78, 5) is 30.7. The molecule has 1 unspecified atom stereocenters. The number of carbonyl (C=O) groups is 2. The van der Waals surface area contributed by atoms with Gasteiger partial charge in [-0.3, -0.25) is 4.79 Å². The van der Waals surface area contributed by atoms with Gasteiger partial charge in [-0.2, -0.15) is 0 Å². The van der Waals surface area contributed by atoms with E-state index in [1.54, 1.807) is 6.20 Å². The van der Waals surface area contributed by atoms with Crippen LogP contribution in [0.4, 0.5) is 11.4 Å². The lowest BCUT2D eigenvalue weighted by Gasteiger charge is -2.12. The predicted molar refractivity (Wildman–Crippen MR) is 137 cm³/mol. The van der Waals surface area contributed by atoms with Crippen molar-refractivity contribution in [1.82, 2.24) is 9.55 Å². The number of amides is 1. The molecule has 1 atom stereocenters. The standard InChI is InChI=1S/C27H32N4O4/c1-18(2)9-12-28-21-15-22-23(30-26(32)20-11-14-35-17-20)24(27(33)34-3)31(25(22)29-16-21)13-10-19-7-5-4-6-8-19/h4-9,15-16,20,28H,10-14,17H2,1-3H3,(H,30,32). The fraction of sp³-hybridized carbons (Fsp3) is 0.370. The highest BCUT2D eigenvalue weighted by atomic mass is 16.5. The van der Waals surface area contributed by atoms with Crippen LogP contribution in [0.5, 0.6) is 0 Å². The first kappa shape index (κ1) is 24.5. The molecule has 3 aromatic rings. The van der Waals surface area contributed by atoms with Gasteiger partial charge in [0.05, 0.1) is 37.2 Å². The van der Waals surface area contributed by atoms with E-state index in [1.807, 2.05) is 54.8 Å². The molecule has 8 nitrogen and oxygen atoms in total. The summed E-state index contributed by atoms with van der Waals surface area (Å²) < 4.78 is 12.4. The van der Waals surface area contributed by atoms with Crippen molar-refractivity contribution < 1.29 is 19.1 Å². The number of hydrogen-bond donors (Lipinski definition) is 2. The van der Waals surface area contributed by atoms with Crippen LogP contribution in [0.3, 0.4) is 0 Å². The van der Waals surface area contributed by atoms with Gasteiger partial charge in [0, 0.05) is 25.1 Å². The number of carbonyl (C=O) groups excluding carboxylic acids is 2. The van der Waals surface area contributed by atoms with Crippen molar-refractivity contribution in [3.63, 3.8) is 0 Å². The van der Waals surface area contributed by atoms with E-state index in [-0.39, 0.29) is 11.8 Å². The van der Waals surface area contributed by atoms with Gasteiger partial charge in [-0.05, 0) is 38.3 Å². The minimum Gasteiger partial charge on any atom is -0.464 e. The average molecular weight is 477 g/mol. The summed E-state index contributed by atoms with van der Waals surface area (Å²) in [6.45, 7) is 6.17. The maximum absolute atomic E-state index is 13.0. The van der Waals surface area contributed by atoms with Gasteiger partial charge >= 0.3 is 5.97 Å². The summed E-state index contributed by atoms with van der Waals surface area (Å²) >= 11 is 0. The summed E-state index contributed by atoms with van der Waals surface area (Å²) in [6.07, 6.45) is 5.18. The molecule has 0 aliphatic carbocycles. The molecule has 3 heterocycles. The number of benzene rings is 1. The van der Waals surface area contributed by atoms with E-state index in [2.05, 4.69) is 21.7 Å². The van der Waals surface area contributed by atoms with Crippen molar-refractivity contribution in [1.29, 1.82) is 0 Å². The number of anilines is 2. The van der Waals surface area contributed by atoms with Crippen molar-refractivity contribution in [3.05, 3.63) is 65.5 Å². The van der Waals surface area contributed by atoms with Crippen LogP contribution in [-0.4, -0.2) is 48.3 Å². The molecule has 1 fully saturated rings. The van der Waals surface area contributed by atoms with Gasteiger partial charge in [-0.25, -0.2) is 9.78 Å². The molecular weight excluding hydrogens is 444 g/mol. The number of nitrogens with zero attached hydrogens (tertiary/aromatic N) is 2. The average Bonchev–Trinajstić information content (AvgIpc) is 3.50. The number of allylic oxidation sites excluding steroid dienone is 1. The van der Waals surface area contributed by atoms with Crippen LogP contribution in [0.1, 0.15) is 36.3 Å². The highest BCUT2D eigenvalue weighted by Crippen LogP contribution is 2.33. The Morgan fingerprint density at radius 3 is 2.74 bits per heavy atom. The Kier molecular flexibility index (Phi) is 7.82. The molecule has 1 amide bonds. The molecule has 0 radical (unpaired) electrons. The molecule has 4 rings (SSSR count). The number of fused-ring (bicyclic) bond motifs is 1. The molecule has 2 aromatic heterocycles. The highest BCUT2D eigenvalue weighted by molar-refractivity contribution is 6.11. The zero-order valence-electron chi connectivity index (χ0n) is 20.5. The van der Waals surface area contributed by atoms with E-state index in [0.717, 1.165) is 11.3 Å². The molecule has 2 N–H and O–H groups in total. The van der Waals surface area contributed by atoms with E-state index in [1.165, 1.54) is 12.7 Å². The van der Waals surface area contributed by atoms with E-state index in [4.69, 9.17) is 9.47 Å². The van der Waals surface area contributed by atoms with Crippen LogP contribution < -0.4 is 10.6 Å². The van der Waals surface area contributed by atoms with Crippen molar-refractivity contribution in [2.24, 2.45) is 5.92 Å². The Labute approximate surface area is 205 Å². The van der Waals surface area contributed by atoms with E-state index < -0.39 is 5.97 Å². The quantitative estimate of drug-likeness (QED) is 0.351. The second-order valence-electron chi connectivity index (χ2n) is 8.91. The lowest BCUT2D eigenvalue weighted by atomic mass is 10.1. The molecule has 1 aliphatic rings. The number of aryl methyl sites for hydroxylation is 2. The van der Waals surface area contributed by atoms with Gasteiger partial charge in [0.15, 0.2) is 5.69 Å². The second-order valence-corrected chi connectivity index (χ2v) is 8.91. The van der Waals surface area contributed by atoms with Crippen molar-refractivity contribution in [2.45, 2.75) is 33.2 Å². The van der Waals surface area contributed by atoms with Crippen LogP contribution in [-0.2, 0) is 27.2 Å². The zero-order valence-corrected chi connectivity index (χ0v) is 20.5. The van der Waals surface area contributed by atoms with Gasteiger partial charge in [-0.1, -0.05) is 42.0 Å². The molecule has 0 bridgehead atoms. The number of hydrogen-bond acceptors (Lipinski definition) is 6. The SMILES string of the molecule is COC(=O)c1c(NC(=O)C2CCOC2)c2cc(NCC=C(C)C)cnc2n1CCc1ccccc1. The van der Waals surface area contributed by atoms with Gasteiger partial charge in [0.1, 0.15) is 5.65 Å². The molecule has 35 heavy (non-hydrogen) atoms. The van der Waals surface area contributed by atoms with Crippen molar-refractivity contribution >= 4 is 34.3 Å². The predicted octanol–water partition coefficient (Wildman–Crippen LogP) is 4.42. The molecule has 1 saturated heterocycles. The Balaban J connectivity index is 1.77. The fourth-order valence-corrected chi connectivity index (χ4v) is 4.20. The third-order valence-electron chi connectivity index (χ3n) is 6.11. The molecule has 1 aliphatic heterocycles. The zero-order chi connectivity index (χ0) is 24.8. The number of ether oxygens (including phenoxy) is 2. The number of nitrogens with one attached hydrogen (secondary N) is 2. The lowest BCUT2D eigenvalue weighted by molar-refractivity contribution is -0.119. The van der Waals surface area contributed by atoms with Gasteiger partial charge in [-0.15, -0.1) is 0 Å². The summed E-state index contributed by atoms with van der Waals surface area (Å²) in [5.74, 6) is -0.944. The Bertz CT molecular complexity index is 1220. The van der Waals surface area contributed by atoms with Crippen LogP contribution in [0.15, 0.2) is 54.2 Å². The fourth-order valence-electron chi connectivity index (χ4n) is 4.20. The van der Waals surface area contributed by atoms with E-state index in [0.29, 0.717) is 61.6 Å². The van der Waals surface area contributed by atoms with Crippen LogP contribution >= 0.6 is 0 Å². The molecule has 184 valence electrons. The van der Waals surface area contributed by atoms with E-state index >= 15 is 0 Å². The third-order valence-corrected chi connectivity index (χ3v) is 6.11. The monoisotopic (exact) mass is 476 g/mol. The molecule has 0 spiro atoms. The Hall–Kier alpha value is -3.65. The second kappa shape index (κ2) is 11.2. The summed E-state index contributed by atoms with van der Waals surface area (Å²) in [5.41, 5.74) is 4.48. The van der Waals surface area contributed by atoms with Crippen LogP contribution in [0, 0.1) is 5.92 Å². The third kappa shape index (κ3) is 5.71. The van der Waals surface area contributed by atoms with Gasteiger partial charge in [0.25, 0.3) is 0 Å². The first-order valence-electron chi connectivity index (χ1n) is 11.9. The number of methoxy groups -OCH3 is 1. The summed E-state index contributed by atoms with van der Waals surface area (Å²) in [6, 6.07) is 12.0. The summed E-state index contributed by atoms with van der Waals surface area (Å²) in [7, 11) is 1.35. The van der Waals surface area contributed by atoms with Gasteiger partial charge in [0.2, 0.25) is 5.91 Å². The number of pyridine rings is 1. The first-order chi connectivity index (χ1) is 17.0. The molecule has 8 heteroatoms. The number of rotatable bonds is 9. The maximum atomic E-state index is 13.0. The lowest BCUT2D eigenvalue weighted by Crippen LogP contribution is -2.24. The Morgan fingerprint density at radius 2 is 2.06 bits per heavy atom. The van der Waals surface area contributed by atoms with Gasteiger partial charge < -0.3 is 24.7 Å². The van der Waals surface area contributed by atoms with E-state index in [9.17, 15) is 9.59 Å². The molecular formula is C27H32N4O4. The molecule has 0 saturated carbocycles. The molecule has 1 aromatic carbocycles. The number of esters is 1. The minimum absolute atomic E-state index is 0.169. The largest absolute Gasteiger partial charge is 0.464 e. The van der Waals surface area contributed by atoms with Crippen molar-refractivity contribution in [3.8, 4) is 0 Å². The van der Waals surface area contributed by atoms with Crippen LogP contribution in [0.25, 0.3) is 11.0 Å². The first-order valence-corrected chi connectivity index (χ1v) is 11.9. The normalized spacial score (nSPS) is 15.1. The van der Waals surface area contributed by atoms with Crippen LogP contribution in [0.2, 0.25) is 0 Å². The Morgan fingerprint density at radius 1 is 1.26 bits per heavy atom. The smallest absolute Gasteiger partial charge is 0.356 e. The minimum atomic E-state index is -0.520. The highest BCUT2D eigenvalue weighted by Gasteiger charge is 2.29. The van der Waals surface area contributed by atoms with Crippen molar-refractivity contribution in [2.75, 3.05) is 37.5 Å². The summed E-state index contributed by atoms with van der Waals surface area (Å²) in [5, 5.41) is 7.03. The maximum Gasteiger partial charge on any atom is 0.356 e. The topological polar surface area (TPSA) is 94.5 Å². The number of aromatic nitrogens is 2.